The lowest BCUT2D eigenvalue weighted by molar-refractivity contribution is -0.131. The summed E-state index contributed by atoms with van der Waals surface area (Å²) in [5.74, 6) is -1.38. The molecule has 21 heavy (non-hydrogen) atoms. The molecule has 2 aromatic heterocycles. The Bertz CT molecular complexity index is 691. The van der Waals surface area contributed by atoms with Crippen molar-refractivity contribution in [3.8, 4) is 0 Å². The van der Waals surface area contributed by atoms with Gasteiger partial charge >= 0.3 is 5.97 Å². The maximum Gasteiger partial charge on any atom is 0.328 e. The standard InChI is InChI=1S/C14H14N4O3/c1-18-9-10(7-17-18)6-16-14(21)12-4-5-15-8-11(12)2-3-13(19)20/h2-5,7-9H,6H2,1H3,(H,16,21)(H,19,20). The summed E-state index contributed by atoms with van der Waals surface area (Å²) in [6.45, 7) is 0.344. The number of carboxylic acid groups (broad SMARTS) is 1. The third-order valence-electron chi connectivity index (χ3n) is 2.71. The van der Waals surface area contributed by atoms with E-state index in [1.54, 1.807) is 30.2 Å². The fourth-order valence-electron chi connectivity index (χ4n) is 1.75. The number of hydrogen-bond acceptors (Lipinski definition) is 4. The smallest absolute Gasteiger partial charge is 0.328 e. The molecule has 7 nitrogen and oxygen atoms in total. The molecule has 0 saturated carbocycles. The van der Waals surface area contributed by atoms with Crippen LogP contribution in [0.2, 0.25) is 0 Å². The normalized spacial score (nSPS) is 10.7. The van der Waals surface area contributed by atoms with Gasteiger partial charge in [-0.25, -0.2) is 4.79 Å². The number of nitrogens with zero attached hydrogens (tertiary/aromatic N) is 3. The maximum absolute atomic E-state index is 12.1. The lowest BCUT2D eigenvalue weighted by Gasteiger charge is -2.06. The molecule has 0 fully saturated rings. The third-order valence-corrected chi connectivity index (χ3v) is 2.71. The highest BCUT2D eigenvalue weighted by atomic mass is 16.4. The topological polar surface area (TPSA) is 97.1 Å². The molecule has 1 amide bonds. The molecule has 0 saturated heterocycles. The number of aliphatic carboxylic acids is 1. The predicted octanol–water partition coefficient (Wildman–Crippen LogP) is 0.843. The van der Waals surface area contributed by atoms with Crippen molar-refractivity contribution < 1.29 is 14.7 Å². The first-order valence-electron chi connectivity index (χ1n) is 6.17. The number of amides is 1. The summed E-state index contributed by atoms with van der Waals surface area (Å²) < 4.78 is 1.65. The van der Waals surface area contributed by atoms with E-state index in [0.717, 1.165) is 11.6 Å². The number of rotatable bonds is 5. The summed E-state index contributed by atoms with van der Waals surface area (Å²) in [6.07, 6.45) is 8.70. The van der Waals surface area contributed by atoms with Crippen LogP contribution in [0.3, 0.4) is 0 Å². The monoisotopic (exact) mass is 286 g/mol. The van der Waals surface area contributed by atoms with Crippen LogP contribution in [0.25, 0.3) is 6.08 Å². The van der Waals surface area contributed by atoms with Crippen LogP contribution in [0.1, 0.15) is 21.5 Å². The molecule has 2 aromatic rings. The van der Waals surface area contributed by atoms with E-state index in [-0.39, 0.29) is 5.91 Å². The van der Waals surface area contributed by atoms with Crippen LogP contribution in [0, 0.1) is 0 Å². The second kappa shape index (κ2) is 6.47. The molecule has 0 aliphatic carbocycles. The Hall–Kier alpha value is -2.96. The molecule has 0 radical (unpaired) electrons. The molecule has 0 aliphatic heterocycles. The highest BCUT2D eigenvalue weighted by Crippen LogP contribution is 2.09. The molecule has 0 aliphatic rings. The van der Waals surface area contributed by atoms with Crippen molar-refractivity contribution in [1.29, 1.82) is 0 Å². The van der Waals surface area contributed by atoms with Crippen molar-refractivity contribution in [2.24, 2.45) is 7.05 Å². The number of pyridine rings is 1. The van der Waals surface area contributed by atoms with Crippen LogP contribution in [0.15, 0.2) is 36.9 Å². The van der Waals surface area contributed by atoms with Gasteiger partial charge < -0.3 is 10.4 Å². The summed E-state index contributed by atoms with van der Waals surface area (Å²) in [5.41, 5.74) is 1.69. The van der Waals surface area contributed by atoms with E-state index in [1.165, 1.54) is 18.5 Å². The van der Waals surface area contributed by atoms with Crippen molar-refractivity contribution >= 4 is 18.0 Å². The zero-order valence-corrected chi connectivity index (χ0v) is 11.4. The van der Waals surface area contributed by atoms with Gasteiger partial charge in [0.15, 0.2) is 0 Å². The van der Waals surface area contributed by atoms with Gasteiger partial charge in [0.1, 0.15) is 0 Å². The van der Waals surface area contributed by atoms with Crippen molar-refractivity contribution in [3.05, 3.63) is 53.6 Å². The third kappa shape index (κ3) is 4.00. The van der Waals surface area contributed by atoms with E-state index in [2.05, 4.69) is 15.4 Å². The Morgan fingerprint density at radius 1 is 1.43 bits per heavy atom. The van der Waals surface area contributed by atoms with Gasteiger partial charge in [-0.2, -0.15) is 5.10 Å². The Labute approximate surface area is 120 Å². The van der Waals surface area contributed by atoms with E-state index < -0.39 is 5.97 Å². The second-order valence-corrected chi connectivity index (χ2v) is 4.34. The lowest BCUT2D eigenvalue weighted by Crippen LogP contribution is -2.23. The van der Waals surface area contributed by atoms with Gasteiger partial charge in [0.2, 0.25) is 0 Å². The first-order valence-corrected chi connectivity index (χ1v) is 6.17. The summed E-state index contributed by atoms with van der Waals surface area (Å²) in [5, 5.41) is 15.4. The van der Waals surface area contributed by atoms with Crippen LogP contribution in [0.5, 0.6) is 0 Å². The minimum absolute atomic E-state index is 0.300. The average Bonchev–Trinajstić information content (AvgIpc) is 2.88. The molecule has 2 heterocycles. The number of nitrogens with one attached hydrogen (secondary N) is 1. The van der Waals surface area contributed by atoms with E-state index in [9.17, 15) is 9.59 Å². The Balaban J connectivity index is 2.10. The fraction of sp³-hybridized carbons (Fsp3) is 0.143. The zero-order chi connectivity index (χ0) is 15.2. The molecule has 0 aromatic carbocycles. The molecule has 0 unspecified atom stereocenters. The number of carbonyl (C=O) groups is 2. The quantitative estimate of drug-likeness (QED) is 0.794. The van der Waals surface area contributed by atoms with Gasteiger partial charge in [0, 0.05) is 54.9 Å². The summed E-state index contributed by atoms with van der Waals surface area (Å²) in [4.78, 5) is 26.6. The second-order valence-electron chi connectivity index (χ2n) is 4.34. The van der Waals surface area contributed by atoms with Gasteiger partial charge in [-0.3, -0.25) is 14.5 Å². The lowest BCUT2D eigenvalue weighted by atomic mass is 10.1. The average molecular weight is 286 g/mol. The molecular formula is C14H14N4O3. The van der Waals surface area contributed by atoms with Gasteiger partial charge in [-0.1, -0.05) is 0 Å². The van der Waals surface area contributed by atoms with Crippen LogP contribution in [0.4, 0.5) is 0 Å². The SMILES string of the molecule is Cn1cc(CNC(=O)c2ccncc2C=CC(=O)O)cn1. The van der Waals surface area contributed by atoms with Crippen LogP contribution in [-0.2, 0) is 18.4 Å². The van der Waals surface area contributed by atoms with E-state index in [1.807, 2.05) is 0 Å². The van der Waals surface area contributed by atoms with E-state index in [0.29, 0.717) is 17.7 Å². The van der Waals surface area contributed by atoms with Gasteiger partial charge in [-0.05, 0) is 12.1 Å². The minimum atomic E-state index is -1.08. The number of carboxylic acids is 1. The van der Waals surface area contributed by atoms with Crippen molar-refractivity contribution in [2.45, 2.75) is 6.54 Å². The largest absolute Gasteiger partial charge is 0.478 e. The van der Waals surface area contributed by atoms with Crippen LogP contribution < -0.4 is 5.32 Å². The maximum atomic E-state index is 12.1. The van der Waals surface area contributed by atoms with Crippen molar-refractivity contribution in [1.82, 2.24) is 20.1 Å². The Morgan fingerprint density at radius 2 is 2.24 bits per heavy atom. The highest BCUT2D eigenvalue weighted by Gasteiger charge is 2.10. The van der Waals surface area contributed by atoms with Crippen molar-refractivity contribution in [3.63, 3.8) is 0 Å². The highest BCUT2D eigenvalue weighted by molar-refractivity contribution is 5.98. The molecule has 108 valence electrons. The van der Waals surface area contributed by atoms with E-state index in [4.69, 9.17) is 5.11 Å². The number of hydrogen-bond donors (Lipinski definition) is 2. The number of carbonyl (C=O) groups excluding carboxylic acids is 1. The summed E-state index contributed by atoms with van der Waals surface area (Å²) in [7, 11) is 1.79. The predicted molar refractivity (Wildman–Crippen MR) is 75.3 cm³/mol. The molecule has 2 N–H and O–H groups in total. The zero-order valence-electron chi connectivity index (χ0n) is 11.4. The van der Waals surface area contributed by atoms with Crippen molar-refractivity contribution in [2.75, 3.05) is 0 Å². The molecule has 2 rings (SSSR count). The first kappa shape index (κ1) is 14.4. The van der Waals surface area contributed by atoms with Crippen LogP contribution >= 0.6 is 0 Å². The number of aromatic nitrogens is 3. The summed E-state index contributed by atoms with van der Waals surface area (Å²) in [6, 6.07) is 1.54. The van der Waals surface area contributed by atoms with E-state index >= 15 is 0 Å². The molecule has 7 heteroatoms. The Kier molecular flexibility index (Phi) is 4.45. The first-order chi connectivity index (χ1) is 10.1. The van der Waals surface area contributed by atoms with Gasteiger partial charge in [0.25, 0.3) is 5.91 Å². The Morgan fingerprint density at radius 3 is 2.90 bits per heavy atom. The van der Waals surface area contributed by atoms with Gasteiger partial charge in [0.05, 0.1) is 6.20 Å². The van der Waals surface area contributed by atoms with Crippen LogP contribution in [-0.4, -0.2) is 31.7 Å². The molecule has 0 spiro atoms. The molecular weight excluding hydrogens is 272 g/mol. The van der Waals surface area contributed by atoms with Gasteiger partial charge in [-0.15, -0.1) is 0 Å². The fourth-order valence-corrected chi connectivity index (χ4v) is 1.75. The molecule has 0 bridgehead atoms. The summed E-state index contributed by atoms with van der Waals surface area (Å²) >= 11 is 0. The minimum Gasteiger partial charge on any atom is -0.478 e. The molecule has 0 atom stereocenters. The number of aryl methyl sites for hydroxylation is 1.